The van der Waals surface area contributed by atoms with E-state index in [4.69, 9.17) is 11.6 Å². The molecular formula is C15H14ClNO3S. The number of hydrogen-bond donors (Lipinski definition) is 1. The molecule has 2 rings (SSSR count). The summed E-state index contributed by atoms with van der Waals surface area (Å²) >= 11 is 7.80. The predicted octanol–water partition coefficient (Wildman–Crippen LogP) is 3.25. The number of carbonyl (C=O) groups excluding carboxylic acids is 2. The first-order chi connectivity index (χ1) is 10.1. The number of thiophene rings is 1. The van der Waals surface area contributed by atoms with Crippen molar-refractivity contribution in [2.24, 2.45) is 0 Å². The molecule has 0 saturated carbocycles. The van der Waals surface area contributed by atoms with Crippen LogP contribution in [0, 0.1) is 0 Å². The lowest BCUT2D eigenvalue weighted by Gasteiger charge is -2.00. The number of ether oxygens (including phenoxy) is 1. The van der Waals surface area contributed by atoms with Crippen molar-refractivity contribution in [1.82, 2.24) is 5.32 Å². The lowest BCUT2D eigenvalue weighted by molar-refractivity contribution is -0.140. The van der Waals surface area contributed by atoms with Crippen LogP contribution in [0.25, 0.3) is 16.2 Å². The van der Waals surface area contributed by atoms with Crippen LogP contribution in [0.1, 0.15) is 11.3 Å². The van der Waals surface area contributed by atoms with E-state index in [1.54, 1.807) is 6.08 Å². The highest BCUT2D eigenvalue weighted by Crippen LogP contribution is 2.35. The van der Waals surface area contributed by atoms with Gasteiger partial charge in [0.05, 0.1) is 18.6 Å². The highest BCUT2D eigenvalue weighted by molar-refractivity contribution is 7.20. The summed E-state index contributed by atoms with van der Waals surface area (Å²) in [6.07, 6.45) is 3.24. The zero-order chi connectivity index (χ0) is 15.2. The zero-order valence-corrected chi connectivity index (χ0v) is 13.0. The molecule has 0 saturated heterocycles. The van der Waals surface area contributed by atoms with Crippen LogP contribution >= 0.6 is 22.9 Å². The molecule has 110 valence electrons. The maximum Gasteiger partial charge on any atom is 0.307 e. The summed E-state index contributed by atoms with van der Waals surface area (Å²) < 4.78 is 5.56. The Morgan fingerprint density at radius 3 is 2.86 bits per heavy atom. The smallest absolute Gasteiger partial charge is 0.307 e. The Kier molecular flexibility index (Phi) is 5.36. The van der Waals surface area contributed by atoms with Crippen molar-refractivity contribution in [2.45, 2.75) is 6.42 Å². The number of esters is 1. The molecule has 1 heterocycles. The van der Waals surface area contributed by atoms with E-state index in [0.29, 0.717) is 5.02 Å². The fourth-order valence-corrected chi connectivity index (χ4v) is 3.14. The molecule has 0 unspecified atom stereocenters. The van der Waals surface area contributed by atoms with Gasteiger partial charge in [-0.15, -0.1) is 11.3 Å². The highest BCUT2D eigenvalue weighted by Gasteiger charge is 2.07. The Balaban J connectivity index is 1.97. The maximum absolute atomic E-state index is 11.6. The fraction of sp³-hybridized carbons (Fsp3) is 0.200. The summed E-state index contributed by atoms with van der Waals surface area (Å²) in [5.74, 6) is -0.626. The van der Waals surface area contributed by atoms with E-state index in [9.17, 15) is 9.59 Å². The molecule has 1 N–H and O–H groups in total. The topological polar surface area (TPSA) is 55.4 Å². The van der Waals surface area contributed by atoms with Gasteiger partial charge in [-0.25, -0.2) is 0 Å². The monoisotopic (exact) mass is 323 g/mol. The number of nitrogens with one attached hydrogen (secondary N) is 1. The average Bonchev–Trinajstić information content (AvgIpc) is 2.82. The quantitative estimate of drug-likeness (QED) is 0.679. The third-order valence-corrected chi connectivity index (χ3v) is 4.46. The molecule has 1 aromatic carbocycles. The molecule has 6 heteroatoms. The molecule has 0 atom stereocenters. The van der Waals surface area contributed by atoms with E-state index < -0.39 is 0 Å². The van der Waals surface area contributed by atoms with E-state index in [2.05, 4.69) is 10.1 Å². The minimum absolute atomic E-state index is 0.153. The highest BCUT2D eigenvalue weighted by atomic mass is 35.5. The fourth-order valence-electron chi connectivity index (χ4n) is 1.74. The standard InChI is InChI=1S/C15H14ClNO3S/c1-20-14(19)8-9-17-13(18)7-6-12-15(16)10-4-2-3-5-11(10)21-12/h2-7H,8-9H2,1H3,(H,17,18)/b7-6+. The van der Waals surface area contributed by atoms with E-state index in [1.165, 1.54) is 24.5 Å². The molecule has 0 aliphatic heterocycles. The van der Waals surface area contributed by atoms with Gasteiger partial charge < -0.3 is 10.1 Å². The van der Waals surface area contributed by atoms with Gasteiger partial charge in [0.1, 0.15) is 0 Å². The number of carbonyl (C=O) groups is 2. The number of benzene rings is 1. The lowest BCUT2D eigenvalue weighted by atomic mass is 10.2. The first-order valence-electron chi connectivity index (χ1n) is 6.31. The number of amides is 1. The van der Waals surface area contributed by atoms with E-state index in [0.717, 1.165) is 15.0 Å². The van der Waals surface area contributed by atoms with Crippen LogP contribution in [0.4, 0.5) is 0 Å². The van der Waals surface area contributed by atoms with E-state index in [1.807, 2.05) is 24.3 Å². The molecule has 2 aromatic rings. The van der Waals surface area contributed by atoms with E-state index in [-0.39, 0.29) is 24.8 Å². The molecule has 0 radical (unpaired) electrons. The number of fused-ring (bicyclic) bond motifs is 1. The first kappa shape index (κ1) is 15.5. The molecule has 0 bridgehead atoms. The summed E-state index contributed by atoms with van der Waals surface area (Å²) in [4.78, 5) is 23.4. The number of rotatable bonds is 5. The summed E-state index contributed by atoms with van der Waals surface area (Å²) in [7, 11) is 1.31. The van der Waals surface area contributed by atoms with Gasteiger partial charge in [0.25, 0.3) is 0 Å². The second-order valence-corrected chi connectivity index (χ2v) is 5.69. The van der Waals surface area contributed by atoms with Gasteiger partial charge in [-0.1, -0.05) is 29.8 Å². The SMILES string of the molecule is COC(=O)CCNC(=O)/C=C/c1sc2ccccc2c1Cl. The molecule has 0 aliphatic rings. The maximum atomic E-state index is 11.6. The Labute approximate surface area is 131 Å². The van der Waals surface area contributed by atoms with Crippen molar-refractivity contribution in [3.8, 4) is 0 Å². The Hall–Kier alpha value is -1.85. The number of halogens is 1. The Morgan fingerprint density at radius 2 is 2.14 bits per heavy atom. The van der Waals surface area contributed by atoms with Crippen LogP contribution in [0.5, 0.6) is 0 Å². The lowest BCUT2D eigenvalue weighted by Crippen LogP contribution is -2.24. The average molecular weight is 324 g/mol. The van der Waals surface area contributed by atoms with Gasteiger partial charge in [-0.2, -0.15) is 0 Å². The molecule has 21 heavy (non-hydrogen) atoms. The number of hydrogen-bond acceptors (Lipinski definition) is 4. The van der Waals surface area contributed by atoms with Gasteiger partial charge in [0, 0.05) is 27.6 Å². The largest absolute Gasteiger partial charge is 0.469 e. The van der Waals surface area contributed by atoms with Crippen LogP contribution in [0.15, 0.2) is 30.3 Å². The van der Waals surface area contributed by atoms with Crippen molar-refractivity contribution in [3.63, 3.8) is 0 Å². The van der Waals surface area contributed by atoms with Crippen molar-refractivity contribution < 1.29 is 14.3 Å². The van der Waals surface area contributed by atoms with Gasteiger partial charge in [-0.3, -0.25) is 9.59 Å². The van der Waals surface area contributed by atoms with Gasteiger partial charge >= 0.3 is 5.97 Å². The van der Waals surface area contributed by atoms with Crippen LogP contribution < -0.4 is 5.32 Å². The molecule has 0 fully saturated rings. The minimum Gasteiger partial charge on any atom is -0.469 e. The summed E-state index contributed by atoms with van der Waals surface area (Å²) in [5.41, 5.74) is 0. The van der Waals surface area contributed by atoms with Gasteiger partial charge in [0.15, 0.2) is 0 Å². The second kappa shape index (κ2) is 7.24. The second-order valence-electron chi connectivity index (χ2n) is 4.23. The molecule has 1 amide bonds. The van der Waals surface area contributed by atoms with Gasteiger partial charge in [0.2, 0.25) is 5.91 Å². The molecular weight excluding hydrogens is 310 g/mol. The van der Waals surface area contributed by atoms with Crippen molar-refractivity contribution >= 4 is 51.0 Å². The molecule has 0 spiro atoms. The van der Waals surface area contributed by atoms with Crippen LogP contribution in [0.3, 0.4) is 0 Å². The molecule has 1 aromatic heterocycles. The van der Waals surface area contributed by atoms with Crippen LogP contribution in [-0.4, -0.2) is 25.5 Å². The zero-order valence-electron chi connectivity index (χ0n) is 11.4. The Morgan fingerprint density at radius 1 is 1.38 bits per heavy atom. The Bertz CT molecular complexity index is 693. The van der Waals surface area contributed by atoms with Crippen molar-refractivity contribution in [1.29, 1.82) is 0 Å². The number of methoxy groups -OCH3 is 1. The van der Waals surface area contributed by atoms with Crippen LogP contribution in [0.2, 0.25) is 5.02 Å². The molecule has 4 nitrogen and oxygen atoms in total. The predicted molar refractivity (Wildman–Crippen MR) is 85.5 cm³/mol. The minimum atomic E-state index is -0.355. The normalized spacial score (nSPS) is 11.0. The first-order valence-corrected chi connectivity index (χ1v) is 7.51. The van der Waals surface area contributed by atoms with Crippen molar-refractivity contribution in [3.05, 3.63) is 40.2 Å². The van der Waals surface area contributed by atoms with Crippen LogP contribution in [-0.2, 0) is 14.3 Å². The third-order valence-electron chi connectivity index (χ3n) is 2.80. The van der Waals surface area contributed by atoms with Crippen molar-refractivity contribution in [2.75, 3.05) is 13.7 Å². The van der Waals surface area contributed by atoms with Gasteiger partial charge in [-0.05, 0) is 12.1 Å². The van der Waals surface area contributed by atoms with E-state index >= 15 is 0 Å². The summed E-state index contributed by atoms with van der Waals surface area (Å²) in [5, 5.41) is 4.24. The third kappa shape index (κ3) is 4.06. The summed E-state index contributed by atoms with van der Waals surface area (Å²) in [6, 6.07) is 7.80. The molecule has 0 aliphatic carbocycles. The summed E-state index contributed by atoms with van der Waals surface area (Å²) in [6.45, 7) is 0.246.